The normalized spacial score (nSPS) is 13.1. The van der Waals surface area contributed by atoms with Gasteiger partial charge in [-0.05, 0) is 30.7 Å². The molecule has 0 atom stereocenters. The fourth-order valence-corrected chi connectivity index (χ4v) is 4.79. The summed E-state index contributed by atoms with van der Waals surface area (Å²) in [5.41, 5.74) is 3.74. The third-order valence-electron chi connectivity index (χ3n) is 5.20. The molecule has 1 aliphatic heterocycles. The fraction of sp³-hybridized carbons (Fsp3) is 0.0833. The Morgan fingerprint density at radius 1 is 1.12 bits per heavy atom. The maximum atomic E-state index is 11.7. The third-order valence-corrected chi connectivity index (χ3v) is 6.71. The highest BCUT2D eigenvalue weighted by Crippen LogP contribution is 2.37. The van der Waals surface area contributed by atoms with Gasteiger partial charge >= 0.3 is 0 Å². The Morgan fingerprint density at radius 3 is 2.62 bits per heavy atom. The lowest BCUT2D eigenvalue weighted by atomic mass is 10.1. The Kier molecular flexibility index (Phi) is 5.99. The van der Waals surface area contributed by atoms with Crippen LogP contribution in [0, 0.1) is 17.0 Å². The van der Waals surface area contributed by atoms with E-state index in [1.807, 2.05) is 60.8 Å². The van der Waals surface area contributed by atoms with E-state index in [-0.39, 0.29) is 12.5 Å². The van der Waals surface area contributed by atoms with Gasteiger partial charge in [0.15, 0.2) is 11.5 Å². The molecule has 1 aliphatic rings. The lowest BCUT2D eigenvalue weighted by Gasteiger charge is -2.06. The van der Waals surface area contributed by atoms with Crippen molar-refractivity contribution in [3.8, 4) is 22.8 Å². The van der Waals surface area contributed by atoms with Crippen molar-refractivity contribution in [2.45, 2.75) is 6.92 Å². The summed E-state index contributed by atoms with van der Waals surface area (Å²) in [6, 6.07) is 18.5. The van der Waals surface area contributed by atoms with Crippen LogP contribution in [-0.4, -0.2) is 22.6 Å². The number of benzene rings is 3. The number of nitrogens with zero attached hydrogens (tertiary/aromatic N) is 4. The summed E-state index contributed by atoms with van der Waals surface area (Å²) in [4.78, 5) is 16.7. The van der Waals surface area contributed by atoms with Gasteiger partial charge in [-0.25, -0.2) is 9.67 Å². The molecule has 0 N–H and O–H groups in total. The van der Waals surface area contributed by atoms with Gasteiger partial charge in [-0.15, -0.1) is 11.3 Å². The van der Waals surface area contributed by atoms with Gasteiger partial charge in [0.25, 0.3) is 5.69 Å². The molecule has 0 aliphatic carbocycles. The number of nitro benzene ring substituents is 1. The summed E-state index contributed by atoms with van der Waals surface area (Å²) in [6.45, 7) is 2.02. The Bertz CT molecular complexity index is 1510. The van der Waals surface area contributed by atoms with Crippen LogP contribution in [0.1, 0.15) is 11.1 Å². The molecule has 0 amide bonds. The molecule has 0 saturated heterocycles. The quantitative estimate of drug-likeness (QED) is 0.176. The highest BCUT2D eigenvalue weighted by molar-refractivity contribution is 9.10. The van der Waals surface area contributed by atoms with Crippen molar-refractivity contribution in [1.29, 1.82) is 0 Å². The van der Waals surface area contributed by atoms with Gasteiger partial charge in [0.05, 0.1) is 34.1 Å². The number of aryl methyl sites for hydroxylation is 1. The van der Waals surface area contributed by atoms with Crippen LogP contribution < -0.4 is 14.3 Å². The van der Waals surface area contributed by atoms with Gasteiger partial charge in [0.1, 0.15) is 0 Å². The van der Waals surface area contributed by atoms with Crippen LogP contribution in [0.3, 0.4) is 0 Å². The summed E-state index contributed by atoms with van der Waals surface area (Å²) in [7, 11) is 0. The molecule has 5 rings (SSSR count). The first-order valence-electron chi connectivity index (χ1n) is 10.2. The maximum absolute atomic E-state index is 11.7. The van der Waals surface area contributed by atoms with Crippen molar-refractivity contribution in [3.63, 3.8) is 0 Å². The first kappa shape index (κ1) is 22.1. The second-order valence-electron chi connectivity index (χ2n) is 7.36. The lowest BCUT2D eigenvalue weighted by Crippen LogP contribution is -2.12. The number of para-hydroxylation sites is 1. The standard InChI is InChI=1S/C24H17BrN4O4S/c1-15-6-2-5-9-19(15)27-24-28(21(13-34-24)17-7-3-4-8-18(17)25)26-12-16-10-22-23(33-14-32-22)11-20(16)29(30)31/h2-13H,14H2,1H3. The number of hydrogen-bond donors (Lipinski definition) is 0. The highest BCUT2D eigenvalue weighted by atomic mass is 79.9. The number of ether oxygens (including phenoxy) is 2. The van der Waals surface area contributed by atoms with Crippen LogP contribution in [-0.2, 0) is 0 Å². The molecule has 10 heteroatoms. The number of fused-ring (bicyclic) bond motifs is 1. The van der Waals surface area contributed by atoms with Gasteiger partial charge in [0, 0.05) is 15.4 Å². The Hall–Kier alpha value is -3.76. The third kappa shape index (κ3) is 4.25. The fourth-order valence-electron chi connectivity index (χ4n) is 3.46. The summed E-state index contributed by atoms with van der Waals surface area (Å²) < 4.78 is 13.3. The topological polar surface area (TPSA) is 91.2 Å². The molecule has 4 aromatic rings. The lowest BCUT2D eigenvalue weighted by molar-refractivity contribution is -0.385. The molecule has 0 saturated carbocycles. The summed E-state index contributed by atoms with van der Waals surface area (Å²) in [5, 5.41) is 18.3. The number of rotatable bonds is 5. The van der Waals surface area contributed by atoms with E-state index in [9.17, 15) is 10.1 Å². The molecular weight excluding hydrogens is 520 g/mol. The minimum absolute atomic E-state index is 0.0258. The number of hydrogen-bond acceptors (Lipinski definition) is 7. The molecule has 2 heterocycles. The SMILES string of the molecule is Cc1ccccc1N=c1scc(-c2ccccc2Br)n1N=Cc1cc2c(cc1[N+](=O)[O-])OCO2. The minimum Gasteiger partial charge on any atom is -0.454 e. The number of halogens is 1. The van der Waals surface area contributed by atoms with Crippen molar-refractivity contribution >= 4 is 44.9 Å². The molecular formula is C24H17BrN4O4S. The average molecular weight is 537 g/mol. The second-order valence-corrected chi connectivity index (χ2v) is 9.05. The second kappa shape index (κ2) is 9.24. The molecule has 0 spiro atoms. The monoisotopic (exact) mass is 536 g/mol. The predicted molar refractivity (Wildman–Crippen MR) is 134 cm³/mol. The van der Waals surface area contributed by atoms with E-state index in [0.29, 0.717) is 21.9 Å². The molecule has 3 aromatic carbocycles. The van der Waals surface area contributed by atoms with Crippen LogP contribution in [0.25, 0.3) is 11.3 Å². The molecule has 1 aromatic heterocycles. The van der Waals surface area contributed by atoms with E-state index in [0.717, 1.165) is 27.0 Å². The van der Waals surface area contributed by atoms with Gasteiger partial charge in [-0.2, -0.15) is 5.10 Å². The first-order chi connectivity index (χ1) is 16.5. The average Bonchev–Trinajstić information content (AvgIpc) is 3.45. The van der Waals surface area contributed by atoms with Gasteiger partial charge < -0.3 is 9.47 Å². The van der Waals surface area contributed by atoms with E-state index >= 15 is 0 Å². The van der Waals surface area contributed by atoms with Crippen molar-refractivity contribution in [2.75, 3.05) is 6.79 Å². The van der Waals surface area contributed by atoms with Crippen molar-refractivity contribution in [1.82, 2.24) is 4.68 Å². The maximum Gasteiger partial charge on any atom is 0.282 e. The molecule has 8 nitrogen and oxygen atoms in total. The van der Waals surface area contributed by atoms with Crippen LogP contribution >= 0.6 is 27.3 Å². The molecule has 170 valence electrons. The molecule has 34 heavy (non-hydrogen) atoms. The summed E-state index contributed by atoms with van der Waals surface area (Å²) >= 11 is 5.04. The zero-order valence-corrected chi connectivity index (χ0v) is 20.2. The number of nitro groups is 1. The van der Waals surface area contributed by atoms with Crippen LogP contribution in [0.5, 0.6) is 11.5 Å². The van der Waals surface area contributed by atoms with Gasteiger partial charge in [-0.1, -0.05) is 52.3 Å². The van der Waals surface area contributed by atoms with E-state index < -0.39 is 4.92 Å². The Morgan fingerprint density at radius 2 is 1.85 bits per heavy atom. The van der Waals surface area contributed by atoms with Gasteiger partial charge in [-0.3, -0.25) is 10.1 Å². The first-order valence-corrected chi connectivity index (χ1v) is 11.9. The Balaban J connectivity index is 1.68. The van der Waals surface area contributed by atoms with E-state index in [1.54, 1.807) is 10.7 Å². The van der Waals surface area contributed by atoms with Gasteiger partial charge in [0.2, 0.25) is 11.6 Å². The smallest absolute Gasteiger partial charge is 0.282 e. The van der Waals surface area contributed by atoms with E-state index in [2.05, 4.69) is 21.0 Å². The van der Waals surface area contributed by atoms with E-state index in [4.69, 9.17) is 14.5 Å². The minimum atomic E-state index is -0.463. The highest BCUT2D eigenvalue weighted by Gasteiger charge is 2.22. The summed E-state index contributed by atoms with van der Waals surface area (Å²) in [6.07, 6.45) is 1.45. The van der Waals surface area contributed by atoms with Crippen LogP contribution in [0.4, 0.5) is 11.4 Å². The van der Waals surface area contributed by atoms with E-state index in [1.165, 1.54) is 23.6 Å². The largest absolute Gasteiger partial charge is 0.454 e. The zero-order valence-electron chi connectivity index (χ0n) is 17.8. The molecule has 0 radical (unpaired) electrons. The number of aromatic nitrogens is 1. The van der Waals surface area contributed by atoms with Crippen molar-refractivity contribution < 1.29 is 14.4 Å². The molecule has 0 unspecified atom stereocenters. The molecule has 0 fully saturated rings. The molecule has 0 bridgehead atoms. The zero-order chi connectivity index (χ0) is 23.7. The van der Waals surface area contributed by atoms with Crippen LogP contribution in [0.2, 0.25) is 0 Å². The van der Waals surface area contributed by atoms with Crippen LogP contribution in [0.15, 0.2) is 80.6 Å². The Labute approximate surface area is 206 Å². The van der Waals surface area contributed by atoms with Crippen molar-refractivity contribution in [2.24, 2.45) is 10.1 Å². The number of thiazole rings is 1. The summed E-state index contributed by atoms with van der Waals surface area (Å²) in [5.74, 6) is 0.786. The predicted octanol–water partition coefficient (Wildman–Crippen LogP) is 6.04. The van der Waals surface area contributed by atoms with Crippen molar-refractivity contribution in [3.05, 3.63) is 96.6 Å².